The fourth-order valence-corrected chi connectivity index (χ4v) is 11.3. The number of nitrogens with zero attached hydrogens (tertiary/aromatic N) is 1. The molecule has 9 unspecified atom stereocenters. The molecule has 0 spiro atoms. The average molecular weight is 442 g/mol. The first kappa shape index (κ1) is 23.2. The molecule has 0 aliphatic heterocycles. The highest BCUT2D eigenvalue weighted by Crippen LogP contribution is 2.78. The van der Waals surface area contributed by atoms with Gasteiger partial charge in [0.15, 0.2) is 0 Å². The maximum Gasteiger partial charge on any atom is 0.0604 e. The van der Waals surface area contributed by atoms with Gasteiger partial charge in [0.25, 0.3) is 0 Å². The van der Waals surface area contributed by atoms with Crippen molar-refractivity contribution in [2.24, 2.45) is 61.3 Å². The van der Waals surface area contributed by atoms with E-state index in [4.69, 9.17) is 0 Å². The van der Waals surface area contributed by atoms with Crippen LogP contribution in [0.5, 0.6) is 0 Å². The summed E-state index contributed by atoms with van der Waals surface area (Å²) in [6, 6.07) is 0. The highest BCUT2D eigenvalue weighted by molar-refractivity contribution is 5.87. The summed E-state index contributed by atoms with van der Waals surface area (Å²) < 4.78 is 0. The highest BCUT2D eigenvalue weighted by atomic mass is 16.4. The van der Waals surface area contributed by atoms with E-state index in [1.54, 1.807) is 0 Å². The quantitative estimate of drug-likeness (QED) is 0.296. The van der Waals surface area contributed by atoms with Gasteiger partial charge < -0.3 is 5.21 Å². The summed E-state index contributed by atoms with van der Waals surface area (Å²) in [5.41, 5.74) is 3.82. The van der Waals surface area contributed by atoms with Crippen molar-refractivity contribution in [3.8, 4) is 0 Å². The van der Waals surface area contributed by atoms with Crippen molar-refractivity contribution in [1.29, 1.82) is 0 Å². The standard InChI is InChI=1S/C30H51NO/c1-20-21(31-32)9-10-22-27(20,5)12-11-23-28(22,6)16-18-30(8)24-19-25(2,3)13-14-26(24,4)15-17-29(23,30)7/h20,22-24,32H,9-19H2,1-8H3. The smallest absolute Gasteiger partial charge is 0.0604 e. The number of hydrogen-bond donors (Lipinski definition) is 1. The maximum absolute atomic E-state index is 9.66. The first-order chi connectivity index (χ1) is 14.8. The summed E-state index contributed by atoms with van der Waals surface area (Å²) >= 11 is 0. The predicted octanol–water partition coefficient (Wildman–Crippen LogP) is 8.72. The van der Waals surface area contributed by atoms with E-state index in [9.17, 15) is 5.21 Å². The van der Waals surface area contributed by atoms with Crippen molar-refractivity contribution in [2.45, 2.75) is 126 Å². The van der Waals surface area contributed by atoms with E-state index in [0.29, 0.717) is 38.4 Å². The molecule has 0 aromatic carbocycles. The van der Waals surface area contributed by atoms with Crippen LogP contribution < -0.4 is 0 Å². The summed E-state index contributed by atoms with van der Waals surface area (Å²) in [5, 5.41) is 13.4. The van der Waals surface area contributed by atoms with Crippen molar-refractivity contribution in [3.63, 3.8) is 0 Å². The first-order valence-electron chi connectivity index (χ1n) is 14.0. The van der Waals surface area contributed by atoms with E-state index in [0.717, 1.165) is 29.9 Å². The van der Waals surface area contributed by atoms with Crippen molar-refractivity contribution in [2.75, 3.05) is 0 Å². The normalized spacial score (nSPS) is 58.3. The molecule has 2 nitrogen and oxygen atoms in total. The minimum Gasteiger partial charge on any atom is -0.411 e. The topological polar surface area (TPSA) is 32.6 Å². The van der Waals surface area contributed by atoms with Gasteiger partial charge in [-0.3, -0.25) is 0 Å². The predicted molar refractivity (Wildman–Crippen MR) is 134 cm³/mol. The molecule has 5 rings (SSSR count). The molecule has 9 atom stereocenters. The molecule has 5 fully saturated rings. The van der Waals surface area contributed by atoms with Crippen LogP contribution in [0.4, 0.5) is 0 Å². The van der Waals surface area contributed by atoms with E-state index in [1.165, 1.54) is 64.2 Å². The minimum atomic E-state index is 0.297. The van der Waals surface area contributed by atoms with Gasteiger partial charge in [0.05, 0.1) is 5.71 Å². The number of rotatable bonds is 0. The lowest BCUT2D eigenvalue weighted by molar-refractivity contribution is -0.254. The van der Waals surface area contributed by atoms with Crippen LogP contribution in [-0.2, 0) is 0 Å². The van der Waals surface area contributed by atoms with Crippen LogP contribution in [0, 0.1) is 56.2 Å². The second kappa shape index (κ2) is 6.78. The molecule has 182 valence electrons. The molecule has 0 bridgehead atoms. The molecule has 0 amide bonds. The Balaban J connectivity index is 1.54. The molecule has 0 aromatic heterocycles. The fraction of sp³-hybridized carbons (Fsp3) is 0.967. The third kappa shape index (κ3) is 2.73. The van der Waals surface area contributed by atoms with Gasteiger partial charge in [0.2, 0.25) is 0 Å². The Morgan fingerprint density at radius 3 is 2.00 bits per heavy atom. The molecule has 5 saturated carbocycles. The Hall–Kier alpha value is -0.530. The van der Waals surface area contributed by atoms with E-state index in [1.807, 2.05) is 0 Å². The minimum absolute atomic E-state index is 0.297. The number of hydrogen-bond acceptors (Lipinski definition) is 2. The monoisotopic (exact) mass is 441 g/mol. The Morgan fingerprint density at radius 2 is 1.31 bits per heavy atom. The molecule has 0 heterocycles. The molecule has 0 radical (unpaired) electrons. The average Bonchev–Trinajstić information content (AvgIpc) is 2.72. The van der Waals surface area contributed by atoms with Crippen LogP contribution in [0.15, 0.2) is 5.16 Å². The fourth-order valence-electron chi connectivity index (χ4n) is 11.3. The second-order valence-corrected chi connectivity index (χ2v) is 15.4. The summed E-state index contributed by atoms with van der Waals surface area (Å²) in [5.74, 6) is 2.92. The molecule has 32 heavy (non-hydrogen) atoms. The van der Waals surface area contributed by atoms with Gasteiger partial charge in [0, 0.05) is 5.92 Å². The first-order valence-corrected chi connectivity index (χ1v) is 14.0. The number of oxime groups is 1. The zero-order chi connectivity index (χ0) is 23.4. The third-order valence-electron chi connectivity index (χ3n) is 13.9. The molecule has 5 aliphatic rings. The Kier molecular flexibility index (Phi) is 4.92. The van der Waals surface area contributed by atoms with Crippen LogP contribution in [0.25, 0.3) is 0 Å². The Bertz CT molecular complexity index is 816. The zero-order valence-electron chi connectivity index (χ0n) is 22.5. The molecular formula is C30H51NO. The van der Waals surface area contributed by atoms with Crippen molar-refractivity contribution in [3.05, 3.63) is 0 Å². The van der Waals surface area contributed by atoms with E-state index in [2.05, 4.69) is 60.5 Å². The Morgan fingerprint density at radius 1 is 0.688 bits per heavy atom. The molecular weight excluding hydrogens is 390 g/mol. The van der Waals surface area contributed by atoms with Crippen LogP contribution in [-0.4, -0.2) is 10.9 Å². The van der Waals surface area contributed by atoms with E-state index >= 15 is 0 Å². The summed E-state index contributed by atoms with van der Waals surface area (Å²) in [6.07, 6.45) is 15.0. The van der Waals surface area contributed by atoms with Gasteiger partial charge in [-0.1, -0.05) is 60.5 Å². The lowest BCUT2D eigenvalue weighted by atomic mass is 9.30. The van der Waals surface area contributed by atoms with Gasteiger partial charge in [-0.05, 0) is 121 Å². The summed E-state index contributed by atoms with van der Waals surface area (Å²) in [7, 11) is 0. The lowest BCUT2D eigenvalue weighted by Gasteiger charge is -2.75. The van der Waals surface area contributed by atoms with Crippen molar-refractivity contribution in [1.82, 2.24) is 0 Å². The lowest BCUT2D eigenvalue weighted by Crippen LogP contribution is -2.67. The van der Waals surface area contributed by atoms with Crippen LogP contribution in [0.2, 0.25) is 0 Å². The molecule has 0 saturated heterocycles. The SMILES string of the molecule is CC1C(=NO)CCC2C1(C)CCC1C2(C)CCC2(C)C3CC(C)(C)CCC3(C)CCC12C. The second-order valence-electron chi connectivity index (χ2n) is 15.4. The molecule has 2 heteroatoms. The largest absolute Gasteiger partial charge is 0.411 e. The number of fused-ring (bicyclic) bond motifs is 7. The third-order valence-corrected chi connectivity index (χ3v) is 13.9. The molecule has 1 N–H and O–H groups in total. The van der Waals surface area contributed by atoms with Gasteiger partial charge in [-0.2, -0.15) is 0 Å². The maximum atomic E-state index is 9.66. The summed E-state index contributed by atoms with van der Waals surface area (Å²) in [4.78, 5) is 0. The van der Waals surface area contributed by atoms with Crippen LogP contribution in [0.1, 0.15) is 126 Å². The van der Waals surface area contributed by atoms with Crippen molar-refractivity contribution < 1.29 is 5.21 Å². The Labute approximate surface area is 198 Å². The van der Waals surface area contributed by atoms with Crippen LogP contribution >= 0.6 is 0 Å². The van der Waals surface area contributed by atoms with Crippen LogP contribution in [0.3, 0.4) is 0 Å². The van der Waals surface area contributed by atoms with Gasteiger partial charge in [-0.25, -0.2) is 0 Å². The van der Waals surface area contributed by atoms with Gasteiger partial charge in [-0.15, -0.1) is 0 Å². The van der Waals surface area contributed by atoms with Gasteiger partial charge in [0.1, 0.15) is 0 Å². The molecule has 5 aliphatic carbocycles. The zero-order valence-corrected chi connectivity index (χ0v) is 22.5. The summed E-state index contributed by atoms with van der Waals surface area (Å²) in [6.45, 7) is 20.9. The van der Waals surface area contributed by atoms with Crippen molar-refractivity contribution >= 4 is 5.71 Å². The molecule has 0 aromatic rings. The van der Waals surface area contributed by atoms with E-state index in [-0.39, 0.29) is 0 Å². The van der Waals surface area contributed by atoms with E-state index < -0.39 is 0 Å². The highest BCUT2D eigenvalue weighted by Gasteiger charge is 2.70. The van der Waals surface area contributed by atoms with Gasteiger partial charge >= 0.3 is 0 Å².